The van der Waals surface area contributed by atoms with Crippen molar-refractivity contribution in [3.63, 3.8) is 0 Å². The zero-order valence-corrected chi connectivity index (χ0v) is 17.6. The Kier molecular flexibility index (Phi) is 8.75. The first-order chi connectivity index (χ1) is 10.9. The maximum atomic E-state index is 11.8. The number of sulfone groups is 1. The number of hydrogen-bond acceptors (Lipinski definition) is 4. The van der Waals surface area contributed by atoms with E-state index in [9.17, 15) is 13.2 Å². The molecule has 0 saturated carbocycles. The minimum absolute atomic E-state index is 0. The summed E-state index contributed by atoms with van der Waals surface area (Å²) in [4.78, 5) is 18.0. The number of amides is 1. The molecule has 2 aliphatic rings. The van der Waals surface area contributed by atoms with Gasteiger partial charge in [0, 0.05) is 38.6 Å². The van der Waals surface area contributed by atoms with Gasteiger partial charge in [-0.15, -0.1) is 24.0 Å². The van der Waals surface area contributed by atoms with E-state index < -0.39 is 9.84 Å². The van der Waals surface area contributed by atoms with Crippen LogP contribution in [0.1, 0.15) is 39.0 Å². The van der Waals surface area contributed by atoms with Crippen LogP contribution in [-0.2, 0) is 14.6 Å². The van der Waals surface area contributed by atoms with Crippen molar-refractivity contribution in [1.82, 2.24) is 15.5 Å². The largest absolute Gasteiger partial charge is 0.356 e. The van der Waals surface area contributed by atoms with Gasteiger partial charge in [-0.3, -0.25) is 9.79 Å². The molecule has 0 spiro atoms. The molecule has 2 rings (SSSR count). The lowest BCUT2D eigenvalue weighted by Gasteiger charge is -2.27. The van der Waals surface area contributed by atoms with Crippen LogP contribution in [-0.4, -0.2) is 68.9 Å². The first kappa shape index (κ1) is 21.5. The number of likely N-dealkylation sites (tertiary alicyclic amines) is 1. The van der Waals surface area contributed by atoms with Crippen LogP contribution >= 0.6 is 24.0 Å². The van der Waals surface area contributed by atoms with E-state index in [0.29, 0.717) is 25.3 Å². The monoisotopic (exact) mass is 472 g/mol. The molecule has 1 amide bonds. The highest BCUT2D eigenvalue weighted by molar-refractivity contribution is 14.0. The molecule has 0 aromatic rings. The maximum Gasteiger partial charge on any atom is 0.222 e. The fourth-order valence-corrected chi connectivity index (χ4v) is 4.96. The lowest BCUT2D eigenvalue weighted by atomic mass is 10.1. The van der Waals surface area contributed by atoms with Crippen LogP contribution in [0.25, 0.3) is 0 Å². The van der Waals surface area contributed by atoms with Crippen LogP contribution in [0.5, 0.6) is 0 Å². The van der Waals surface area contributed by atoms with Gasteiger partial charge in [-0.2, -0.15) is 0 Å². The van der Waals surface area contributed by atoms with Gasteiger partial charge in [-0.25, -0.2) is 8.42 Å². The molecule has 0 radical (unpaired) electrons. The third-order valence-electron chi connectivity index (χ3n) is 4.59. The minimum atomic E-state index is -2.89. The van der Waals surface area contributed by atoms with E-state index in [1.165, 1.54) is 0 Å². The summed E-state index contributed by atoms with van der Waals surface area (Å²) < 4.78 is 23.0. The van der Waals surface area contributed by atoms with Gasteiger partial charge in [-0.05, 0) is 25.7 Å². The molecule has 2 heterocycles. The summed E-state index contributed by atoms with van der Waals surface area (Å²) in [5, 5.41) is 6.40. The van der Waals surface area contributed by atoms with Gasteiger partial charge in [0.25, 0.3) is 0 Å². The lowest BCUT2D eigenvalue weighted by molar-refractivity contribution is -0.129. The summed E-state index contributed by atoms with van der Waals surface area (Å²) in [5.74, 6) is 1.31. The van der Waals surface area contributed by atoms with E-state index in [0.717, 1.165) is 25.8 Å². The second-order valence-electron chi connectivity index (χ2n) is 6.28. The van der Waals surface area contributed by atoms with Gasteiger partial charge in [0.1, 0.15) is 0 Å². The number of carbonyl (C=O) groups excluding carboxylic acids is 1. The Balaban J connectivity index is 0.00000288. The summed E-state index contributed by atoms with van der Waals surface area (Å²) in [7, 11) is -1.21. The molecule has 2 atom stereocenters. The Morgan fingerprint density at radius 1 is 1.46 bits per heavy atom. The predicted octanol–water partition coefficient (Wildman–Crippen LogP) is 0.748. The number of aliphatic imine (C=N–C) groups is 1. The Morgan fingerprint density at radius 3 is 2.71 bits per heavy atom. The van der Waals surface area contributed by atoms with Crippen molar-refractivity contribution in [2.24, 2.45) is 4.99 Å². The van der Waals surface area contributed by atoms with Crippen molar-refractivity contribution < 1.29 is 13.2 Å². The molecule has 2 fully saturated rings. The van der Waals surface area contributed by atoms with Crippen molar-refractivity contribution in [2.45, 2.75) is 51.1 Å². The Hall–Kier alpha value is -0.580. The van der Waals surface area contributed by atoms with Crippen molar-refractivity contribution in [2.75, 3.05) is 31.6 Å². The molecule has 140 valence electrons. The number of halogens is 1. The van der Waals surface area contributed by atoms with Crippen molar-refractivity contribution in [3.05, 3.63) is 0 Å². The van der Waals surface area contributed by atoms with E-state index in [1.807, 2.05) is 4.90 Å². The maximum absolute atomic E-state index is 11.8. The van der Waals surface area contributed by atoms with Gasteiger partial charge < -0.3 is 15.5 Å². The van der Waals surface area contributed by atoms with Crippen molar-refractivity contribution in [3.8, 4) is 0 Å². The Labute approximate surface area is 162 Å². The number of nitrogens with one attached hydrogen (secondary N) is 2. The van der Waals surface area contributed by atoms with Crippen LogP contribution in [0.4, 0.5) is 0 Å². The van der Waals surface area contributed by atoms with E-state index in [1.54, 1.807) is 7.05 Å². The number of guanidine groups is 1. The third kappa shape index (κ3) is 6.05. The third-order valence-corrected chi connectivity index (χ3v) is 6.36. The van der Waals surface area contributed by atoms with Gasteiger partial charge in [0.2, 0.25) is 5.91 Å². The molecule has 0 aliphatic carbocycles. The number of nitrogens with zero attached hydrogens (tertiary/aromatic N) is 2. The molecule has 2 N–H and O–H groups in total. The molecule has 24 heavy (non-hydrogen) atoms. The topological polar surface area (TPSA) is 90.9 Å². The number of hydrogen-bond donors (Lipinski definition) is 2. The Bertz CT molecular complexity index is 553. The highest BCUT2D eigenvalue weighted by Gasteiger charge is 2.29. The fraction of sp³-hybridized carbons (Fsp3) is 0.867. The van der Waals surface area contributed by atoms with Crippen LogP contribution in [0.15, 0.2) is 4.99 Å². The van der Waals surface area contributed by atoms with E-state index in [-0.39, 0.29) is 53.5 Å². The normalized spacial score (nSPS) is 24.6. The molecular weight excluding hydrogens is 443 g/mol. The van der Waals surface area contributed by atoms with Gasteiger partial charge in [0.05, 0.1) is 11.5 Å². The van der Waals surface area contributed by atoms with Gasteiger partial charge >= 0.3 is 0 Å². The van der Waals surface area contributed by atoms with Crippen molar-refractivity contribution >= 4 is 45.7 Å². The molecule has 0 aromatic heterocycles. The first-order valence-corrected chi connectivity index (χ1v) is 10.2. The lowest BCUT2D eigenvalue weighted by Crippen LogP contribution is -2.45. The zero-order chi connectivity index (χ0) is 16.9. The Morgan fingerprint density at radius 2 is 2.21 bits per heavy atom. The molecule has 2 aliphatic heterocycles. The van der Waals surface area contributed by atoms with E-state index in [2.05, 4.69) is 22.5 Å². The van der Waals surface area contributed by atoms with Crippen LogP contribution in [0.3, 0.4) is 0 Å². The van der Waals surface area contributed by atoms with Crippen LogP contribution < -0.4 is 10.6 Å². The molecule has 9 heteroatoms. The molecule has 2 saturated heterocycles. The smallest absolute Gasteiger partial charge is 0.222 e. The molecule has 0 aromatic carbocycles. The van der Waals surface area contributed by atoms with Gasteiger partial charge in [-0.1, -0.05) is 6.92 Å². The van der Waals surface area contributed by atoms with Crippen molar-refractivity contribution in [1.29, 1.82) is 0 Å². The highest BCUT2D eigenvalue weighted by Crippen LogP contribution is 2.17. The summed E-state index contributed by atoms with van der Waals surface area (Å²) in [6, 6.07) is 0.204. The average molecular weight is 472 g/mol. The standard InChI is InChI=1S/C15H28N4O3S.HI/c1-3-13(19-9-4-5-14(19)20)6-8-17-15(16-2)18-12-7-10-23(21,22)11-12;/h12-13H,3-11H2,1-2H3,(H2,16,17,18);1H. The van der Waals surface area contributed by atoms with Gasteiger partial charge in [0.15, 0.2) is 15.8 Å². The molecular formula is C15H29IN4O3S. The number of carbonyl (C=O) groups is 1. The number of rotatable bonds is 6. The quantitative estimate of drug-likeness (QED) is 0.338. The highest BCUT2D eigenvalue weighted by atomic mass is 127. The van der Waals surface area contributed by atoms with Crippen LogP contribution in [0.2, 0.25) is 0 Å². The van der Waals surface area contributed by atoms with Crippen LogP contribution in [0, 0.1) is 0 Å². The van der Waals surface area contributed by atoms with E-state index in [4.69, 9.17) is 0 Å². The zero-order valence-electron chi connectivity index (χ0n) is 14.5. The minimum Gasteiger partial charge on any atom is -0.356 e. The summed E-state index contributed by atoms with van der Waals surface area (Å²) >= 11 is 0. The molecule has 2 unspecified atom stereocenters. The first-order valence-electron chi connectivity index (χ1n) is 8.42. The summed E-state index contributed by atoms with van der Waals surface area (Å²) in [5.41, 5.74) is 0. The average Bonchev–Trinajstić information content (AvgIpc) is 3.08. The molecule has 0 bridgehead atoms. The van der Waals surface area contributed by atoms with E-state index >= 15 is 0 Å². The second-order valence-corrected chi connectivity index (χ2v) is 8.51. The predicted molar refractivity (Wildman–Crippen MR) is 107 cm³/mol. The second kappa shape index (κ2) is 9.79. The fourth-order valence-electron chi connectivity index (χ4n) is 3.29. The summed E-state index contributed by atoms with van der Waals surface area (Å²) in [6.45, 7) is 3.68. The summed E-state index contributed by atoms with van der Waals surface area (Å²) in [6.07, 6.45) is 4.07. The molecule has 7 nitrogen and oxygen atoms in total. The SMILES string of the molecule is CCC(CCNC(=NC)NC1CCS(=O)(=O)C1)N1CCCC1=O.I.